The average molecular weight is 182 g/mol. The van der Waals surface area contributed by atoms with Crippen LogP contribution in [0.5, 0.6) is 0 Å². The molecule has 5 heteroatoms. The summed E-state index contributed by atoms with van der Waals surface area (Å²) in [5, 5.41) is 10.9. The zero-order chi connectivity index (χ0) is 9.26. The Morgan fingerprint density at radius 1 is 1.62 bits per heavy atom. The molecule has 1 unspecified atom stereocenters. The maximum absolute atomic E-state index is 5.60. The first-order valence-corrected chi connectivity index (χ1v) is 4.58. The lowest BCUT2D eigenvalue weighted by atomic mass is 10.2. The Morgan fingerprint density at radius 2 is 2.38 bits per heavy atom. The van der Waals surface area contributed by atoms with Crippen molar-refractivity contribution in [3.8, 4) is 0 Å². The van der Waals surface area contributed by atoms with Crippen molar-refractivity contribution in [3.63, 3.8) is 0 Å². The molecule has 1 saturated carbocycles. The second-order valence-electron chi connectivity index (χ2n) is 3.60. The minimum atomic E-state index is 0.0641. The van der Waals surface area contributed by atoms with Crippen molar-refractivity contribution in [1.82, 2.24) is 10.2 Å². The third-order valence-electron chi connectivity index (χ3n) is 1.87. The van der Waals surface area contributed by atoms with Crippen molar-refractivity contribution in [2.45, 2.75) is 38.3 Å². The average Bonchev–Trinajstić information content (AvgIpc) is 2.73. The molecule has 1 aromatic heterocycles. The highest BCUT2D eigenvalue weighted by molar-refractivity contribution is 5.22. The Kier molecular flexibility index (Phi) is 2.18. The van der Waals surface area contributed by atoms with Crippen LogP contribution in [0.3, 0.4) is 0 Å². The van der Waals surface area contributed by atoms with E-state index in [9.17, 15) is 0 Å². The molecule has 0 radical (unpaired) electrons. The summed E-state index contributed by atoms with van der Waals surface area (Å²) in [6.07, 6.45) is 3.04. The highest BCUT2D eigenvalue weighted by Crippen LogP contribution is 2.23. The van der Waals surface area contributed by atoms with Gasteiger partial charge in [0.05, 0.1) is 0 Å². The van der Waals surface area contributed by atoms with Gasteiger partial charge in [0.1, 0.15) is 0 Å². The van der Waals surface area contributed by atoms with Crippen molar-refractivity contribution in [3.05, 3.63) is 5.89 Å². The molecule has 1 aliphatic rings. The van der Waals surface area contributed by atoms with Crippen molar-refractivity contribution < 1.29 is 4.42 Å². The highest BCUT2D eigenvalue weighted by atomic mass is 16.4. The van der Waals surface area contributed by atoms with E-state index in [4.69, 9.17) is 10.2 Å². The van der Waals surface area contributed by atoms with Gasteiger partial charge in [-0.05, 0) is 19.8 Å². The Bertz CT molecular complexity index is 261. The fourth-order valence-electron chi connectivity index (χ4n) is 1.07. The number of rotatable bonds is 4. The molecule has 0 bridgehead atoms. The van der Waals surface area contributed by atoms with Crippen LogP contribution in [-0.4, -0.2) is 22.3 Å². The molecule has 0 spiro atoms. The lowest BCUT2D eigenvalue weighted by molar-refractivity contribution is 0.486. The number of nitrogens with zero attached hydrogens (tertiary/aromatic N) is 2. The van der Waals surface area contributed by atoms with E-state index in [2.05, 4.69) is 15.5 Å². The van der Waals surface area contributed by atoms with Gasteiger partial charge in [-0.15, -0.1) is 5.10 Å². The van der Waals surface area contributed by atoms with Crippen LogP contribution in [0.2, 0.25) is 0 Å². The first-order chi connectivity index (χ1) is 6.24. The van der Waals surface area contributed by atoms with E-state index in [0.29, 0.717) is 24.4 Å². The van der Waals surface area contributed by atoms with Gasteiger partial charge in [-0.25, -0.2) is 0 Å². The first kappa shape index (κ1) is 8.50. The van der Waals surface area contributed by atoms with E-state index in [1.54, 1.807) is 0 Å². The summed E-state index contributed by atoms with van der Waals surface area (Å²) in [6, 6.07) is 1.14. The van der Waals surface area contributed by atoms with Gasteiger partial charge in [0.15, 0.2) is 0 Å². The van der Waals surface area contributed by atoms with Gasteiger partial charge in [-0.2, -0.15) is 0 Å². The second-order valence-corrected chi connectivity index (χ2v) is 3.60. The van der Waals surface area contributed by atoms with E-state index in [1.165, 1.54) is 12.8 Å². The van der Waals surface area contributed by atoms with Gasteiger partial charge in [0.25, 0.3) is 0 Å². The van der Waals surface area contributed by atoms with Gasteiger partial charge < -0.3 is 15.5 Å². The first-order valence-electron chi connectivity index (χ1n) is 4.58. The summed E-state index contributed by atoms with van der Waals surface area (Å²) in [7, 11) is 0. The number of aromatic nitrogens is 2. The number of anilines is 1. The van der Waals surface area contributed by atoms with Gasteiger partial charge in [0, 0.05) is 18.5 Å². The minimum Gasteiger partial charge on any atom is -0.408 e. The number of hydrogen-bond donors (Lipinski definition) is 2. The van der Waals surface area contributed by atoms with Crippen molar-refractivity contribution in [2.75, 3.05) is 5.32 Å². The molecular formula is C8H14N4O. The monoisotopic (exact) mass is 182 g/mol. The van der Waals surface area contributed by atoms with Crippen LogP contribution in [0.1, 0.15) is 25.7 Å². The molecule has 3 N–H and O–H groups in total. The minimum absolute atomic E-state index is 0.0641. The molecular weight excluding hydrogens is 168 g/mol. The van der Waals surface area contributed by atoms with Gasteiger partial charge in [-0.1, -0.05) is 5.10 Å². The van der Waals surface area contributed by atoms with Crippen LogP contribution in [0.4, 0.5) is 6.01 Å². The van der Waals surface area contributed by atoms with E-state index in [0.717, 1.165) is 0 Å². The number of nitrogens with one attached hydrogen (secondary N) is 1. The molecule has 1 fully saturated rings. The molecule has 1 aromatic rings. The summed E-state index contributed by atoms with van der Waals surface area (Å²) < 4.78 is 5.33. The van der Waals surface area contributed by atoms with Crippen molar-refractivity contribution >= 4 is 6.01 Å². The maximum Gasteiger partial charge on any atom is 0.315 e. The SMILES string of the molecule is CC(N)Cc1nnc(NC2CC2)o1. The largest absolute Gasteiger partial charge is 0.408 e. The third kappa shape index (κ3) is 2.42. The molecule has 13 heavy (non-hydrogen) atoms. The predicted octanol–water partition coefficient (Wildman–Crippen LogP) is 0.534. The molecule has 0 saturated heterocycles. The molecule has 0 amide bonds. The van der Waals surface area contributed by atoms with Crippen LogP contribution in [-0.2, 0) is 6.42 Å². The van der Waals surface area contributed by atoms with Crippen LogP contribution >= 0.6 is 0 Å². The fourth-order valence-corrected chi connectivity index (χ4v) is 1.07. The van der Waals surface area contributed by atoms with E-state index in [1.807, 2.05) is 6.92 Å². The lowest BCUT2D eigenvalue weighted by Crippen LogP contribution is -2.17. The smallest absolute Gasteiger partial charge is 0.315 e. The van der Waals surface area contributed by atoms with Crippen LogP contribution in [0, 0.1) is 0 Å². The Balaban J connectivity index is 1.91. The van der Waals surface area contributed by atoms with E-state index >= 15 is 0 Å². The van der Waals surface area contributed by atoms with Gasteiger partial charge in [0.2, 0.25) is 5.89 Å². The topological polar surface area (TPSA) is 77.0 Å². The normalized spacial score (nSPS) is 18.6. The van der Waals surface area contributed by atoms with Gasteiger partial charge >= 0.3 is 6.01 Å². The molecule has 0 aromatic carbocycles. The predicted molar refractivity (Wildman–Crippen MR) is 48.3 cm³/mol. The Hall–Kier alpha value is -1.10. The second kappa shape index (κ2) is 3.33. The number of nitrogens with two attached hydrogens (primary N) is 1. The molecule has 2 rings (SSSR count). The molecule has 1 heterocycles. The zero-order valence-corrected chi connectivity index (χ0v) is 7.66. The zero-order valence-electron chi connectivity index (χ0n) is 7.66. The highest BCUT2D eigenvalue weighted by Gasteiger charge is 2.23. The molecule has 1 aliphatic carbocycles. The van der Waals surface area contributed by atoms with E-state index < -0.39 is 0 Å². The van der Waals surface area contributed by atoms with Crippen LogP contribution in [0.25, 0.3) is 0 Å². The van der Waals surface area contributed by atoms with Crippen molar-refractivity contribution in [1.29, 1.82) is 0 Å². The summed E-state index contributed by atoms with van der Waals surface area (Å²) in [5.74, 6) is 0.609. The van der Waals surface area contributed by atoms with Crippen LogP contribution in [0.15, 0.2) is 4.42 Å². The summed E-state index contributed by atoms with van der Waals surface area (Å²) in [4.78, 5) is 0. The molecule has 72 valence electrons. The van der Waals surface area contributed by atoms with Crippen molar-refractivity contribution in [2.24, 2.45) is 5.73 Å². The van der Waals surface area contributed by atoms with E-state index in [-0.39, 0.29) is 6.04 Å². The lowest BCUT2D eigenvalue weighted by Gasteiger charge is -1.98. The molecule has 0 aliphatic heterocycles. The van der Waals surface area contributed by atoms with Gasteiger partial charge in [-0.3, -0.25) is 0 Å². The quantitative estimate of drug-likeness (QED) is 0.710. The Labute approximate surface area is 76.7 Å². The van der Waals surface area contributed by atoms with Crippen LogP contribution < -0.4 is 11.1 Å². The standard InChI is InChI=1S/C8H14N4O/c1-5(9)4-7-11-12-8(13-7)10-6-2-3-6/h5-6H,2-4,9H2,1H3,(H,10,12). The summed E-state index contributed by atoms with van der Waals surface area (Å²) in [6.45, 7) is 1.91. The third-order valence-corrected chi connectivity index (χ3v) is 1.87. The fraction of sp³-hybridized carbons (Fsp3) is 0.750. The Morgan fingerprint density at radius 3 is 3.00 bits per heavy atom. The summed E-state index contributed by atoms with van der Waals surface area (Å²) in [5.41, 5.74) is 5.60. The maximum atomic E-state index is 5.60. The molecule has 5 nitrogen and oxygen atoms in total. The summed E-state index contributed by atoms with van der Waals surface area (Å²) >= 11 is 0. The number of hydrogen-bond acceptors (Lipinski definition) is 5. The molecule has 1 atom stereocenters.